The number of hydrogen-bond acceptors (Lipinski definition) is 5. The van der Waals surface area contributed by atoms with Crippen LogP contribution in [0.4, 0.5) is 0 Å². The number of rotatable bonds is 5. The second kappa shape index (κ2) is 6.56. The fourth-order valence-electron chi connectivity index (χ4n) is 1.55. The Morgan fingerprint density at radius 2 is 2.05 bits per heavy atom. The summed E-state index contributed by atoms with van der Waals surface area (Å²) < 4.78 is 15.1. The van der Waals surface area contributed by atoms with Crippen molar-refractivity contribution in [3.8, 4) is 5.75 Å². The maximum Gasteiger partial charge on any atom is 0.360 e. The average molecular weight is 273 g/mol. The second-order valence-electron chi connectivity index (χ2n) is 3.90. The number of ether oxygens (including phenoxy) is 2. The van der Waals surface area contributed by atoms with Crippen molar-refractivity contribution in [2.45, 2.75) is 6.92 Å². The van der Waals surface area contributed by atoms with Crippen molar-refractivity contribution >= 4 is 18.1 Å². The van der Waals surface area contributed by atoms with E-state index in [0.717, 1.165) is 11.3 Å². The van der Waals surface area contributed by atoms with Crippen LogP contribution in [0, 0.1) is 0 Å². The van der Waals surface area contributed by atoms with Gasteiger partial charge in [-0.1, -0.05) is 12.1 Å². The standard InChI is InChI=1S/C15H15NO4/c1-3-19-15(17)13-10-20-14(16-13)9-6-11-4-7-12(18-2)8-5-11/h4-10H,3H2,1-2H3/b9-6+. The molecule has 0 atom stereocenters. The normalized spacial score (nSPS) is 10.7. The highest BCUT2D eigenvalue weighted by molar-refractivity contribution is 5.87. The molecule has 0 aliphatic carbocycles. The Bertz CT molecular complexity index is 599. The first-order chi connectivity index (χ1) is 9.72. The Morgan fingerprint density at radius 3 is 2.70 bits per heavy atom. The van der Waals surface area contributed by atoms with Gasteiger partial charge in [0.1, 0.15) is 12.0 Å². The van der Waals surface area contributed by atoms with E-state index in [1.165, 1.54) is 6.26 Å². The van der Waals surface area contributed by atoms with E-state index in [0.29, 0.717) is 12.5 Å². The molecule has 2 aromatic rings. The summed E-state index contributed by atoms with van der Waals surface area (Å²) in [6.07, 6.45) is 4.80. The van der Waals surface area contributed by atoms with Gasteiger partial charge in [0.2, 0.25) is 5.89 Å². The Hall–Kier alpha value is -2.56. The summed E-state index contributed by atoms with van der Waals surface area (Å²) in [4.78, 5) is 15.4. The molecule has 5 heteroatoms. The number of esters is 1. The first-order valence-corrected chi connectivity index (χ1v) is 6.17. The summed E-state index contributed by atoms with van der Waals surface area (Å²) in [7, 11) is 1.62. The lowest BCUT2D eigenvalue weighted by molar-refractivity contribution is 0.0519. The lowest BCUT2D eigenvalue weighted by Gasteiger charge is -1.98. The maximum atomic E-state index is 11.4. The monoisotopic (exact) mass is 273 g/mol. The average Bonchev–Trinajstić information content (AvgIpc) is 2.95. The van der Waals surface area contributed by atoms with Crippen LogP contribution in [0.5, 0.6) is 5.75 Å². The zero-order valence-corrected chi connectivity index (χ0v) is 11.3. The summed E-state index contributed by atoms with van der Waals surface area (Å²) in [5.41, 5.74) is 1.14. The first kappa shape index (κ1) is 13.9. The molecule has 1 aromatic carbocycles. The third-order valence-corrected chi connectivity index (χ3v) is 2.54. The molecule has 0 saturated carbocycles. The SMILES string of the molecule is CCOC(=O)c1coc(/C=C/c2ccc(OC)cc2)n1. The number of aromatic nitrogens is 1. The Kier molecular flexibility index (Phi) is 4.55. The fraction of sp³-hybridized carbons (Fsp3) is 0.200. The van der Waals surface area contributed by atoms with E-state index in [1.807, 2.05) is 30.3 Å². The molecule has 0 fully saturated rings. The molecule has 0 saturated heterocycles. The molecule has 1 heterocycles. The van der Waals surface area contributed by atoms with Gasteiger partial charge in [0, 0.05) is 6.08 Å². The molecule has 20 heavy (non-hydrogen) atoms. The summed E-state index contributed by atoms with van der Waals surface area (Å²) in [5, 5.41) is 0. The van der Waals surface area contributed by atoms with E-state index in [-0.39, 0.29) is 5.69 Å². The van der Waals surface area contributed by atoms with Gasteiger partial charge in [-0.2, -0.15) is 0 Å². The van der Waals surface area contributed by atoms with Gasteiger partial charge in [-0.15, -0.1) is 0 Å². The highest BCUT2D eigenvalue weighted by atomic mass is 16.5. The van der Waals surface area contributed by atoms with Crippen LogP contribution in [0.2, 0.25) is 0 Å². The van der Waals surface area contributed by atoms with Crippen LogP contribution in [-0.4, -0.2) is 24.7 Å². The number of nitrogens with zero attached hydrogens (tertiary/aromatic N) is 1. The first-order valence-electron chi connectivity index (χ1n) is 6.17. The minimum Gasteiger partial charge on any atom is -0.497 e. The molecule has 0 spiro atoms. The van der Waals surface area contributed by atoms with E-state index in [9.17, 15) is 4.79 Å². The van der Waals surface area contributed by atoms with E-state index in [2.05, 4.69) is 4.98 Å². The quantitative estimate of drug-likeness (QED) is 0.783. The number of benzene rings is 1. The number of hydrogen-bond donors (Lipinski definition) is 0. The number of oxazole rings is 1. The molecule has 0 bridgehead atoms. The van der Waals surface area contributed by atoms with Crippen molar-refractivity contribution < 1.29 is 18.7 Å². The van der Waals surface area contributed by atoms with Gasteiger partial charge in [0.05, 0.1) is 13.7 Å². The summed E-state index contributed by atoms with van der Waals surface area (Å²) >= 11 is 0. The summed E-state index contributed by atoms with van der Waals surface area (Å²) in [5.74, 6) is 0.659. The minimum absolute atomic E-state index is 0.168. The van der Waals surface area contributed by atoms with Gasteiger partial charge < -0.3 is 13.9 Å². The predicted octanol–water partition coefficient (Wildman–Crippen LogP) is 3.03. The molecule has 2 rings (SSSR count). The van der Waals surface area contributed by atoms with Crippen molar-refractivity contribution in [2.75, 3.05) is 13.7 Å². The van der Waals surface area contributed by atoms with Crippen molar-refractivity contribution in [1.29, 1.82) is 0 Å². The van der Waals surface area contributed by atoms with Crippen LogP contribution in [0.15, 0.2) is 34.9 Å². The predicted molar refractivity (Wildman–Crippen MR) is 74.4 cm³/mol. The van der Waals surface area contributed by atoms with Gasteiger partial charge in [-0.3, -0.25) is 0 Å². The van der Waals surface area contributed by atoms with Crippen molar-refractivity contribution in [1.82, 2.24) is 4.98 Å². The number of methoxy groups -OCH3 is 1. The topological polar surface area (TPSA) is 61.6 Å². The van der Waals surface area contributed by atoms with Crippen molar-refractivity contribution in [2.24, 2.45) is 0 Å². The molecule has 5 nitrogen and oxygen atoms in total. The third-order valence-electron chi connectivity index (χ3n) is 2.54. The Morgan fingerprint density at radius 1 is 1.30 bits per heavy atom. The fourth-order valence-corrected chi connectivity index (χ4v) is 1.55. The van der Waals surface area contributed by atoms with Crippen LogP contribution in [-0.2, 0) is 4.74 Å². The smallest absolute Gasteiger partial charge is 0.360 e. The molecule has 104 valence electrons. The minimum atomic E-state index is -0.486. The molecule has 0 amide bonds. The van der Waals surface area contributed by atoms with Crippen LogP contribution in [0.1, 0.15) is 28.9 Å². The molecule has 0 radical (unpaired) electrons. The van der Waals surface area contributed by atoms with E-state index in [1.54, 1.807) is 20.1 Å². The zero-order valence-electron chi connectivity index (χ0n) is 11.3. The van der Waals surface area contributed by atoms with Crippen LogP contribution in [0.25, 0.3) is 12.2 Å². The molecular formula is C15H15NO4. The molecular weight excluding hydrogens is 258 g/mol. The molecule has 0 aliphatic rings. The second-order valence-corrected chi connectivity index (χ2v) is 3.90. The van der Waals surface area contributed by atoms with E-state index < -0.39 is 5.97 Å². The molecule has 0 unspecified atom stereocenters. The Labute approximate surface area is 116 Å². The van der Waals surface area contributed by atoms with Gasteiger partial charge in [0.15, 0.2) is 5.69 Å². The highest BCUT2D eigenvalue weighted by Gasteiger charge is 2.11. The van der Waals surface area contributed by atoms with Crippen molar-refractivity contribution in [3.05, 3.63) is 47.7 Å². The lowest BCUT2D eigenvalue weighted by atomic mass is 10.2. The number of carbonyl (C=O) groups is 1. The molecule has 0 N–H and O–H groups in total. The van der Waals surface area contributed by atoms with Crippen LogP contribution < -0.4 is 4.74 Å². The highest BCUT2D eigenvalue weighted by Crippen LogP contribution is 2.14. The van der Waals surface area contributed by atoms with Gasteiger partial charge >= 0.3 is 5.97 Å². The molecule has 0 aliphatic heterocycles. The maximum absolute atomic E-state index is 11.4. The van der Waals surface area contributed by atoms with Gasteiger partial charge in [0.25, 0.3) is 0 Å². The third kappa shape index (κ3) is 3.47. The lowest BCUT2D eigenvalue weighted by Crippen LogP contribution is -2.04. The van der Waals surface area contributed by atoms with Gasteiger partial charge in [-0.25, -0.2) is 9.78 Å². The summed E-state index contributed by atoms with van der Waals surface area (Å²) in [6, 6.07) is 7.54. The van der Waals surface area contributed by atoms with E-state index in [4.69, 9.17) is 13.9 Å². The van der Waals surface area contributed by atoms with Crippen molar-refractivity contribution in [3.63, 3.8) is 0 Å². The molecule has 1 aromatic heterocycles. The number of carbonyl (C=O) groups excluding carboxylic acids is 1. The van der Waals surface area contributed by atoms with Crippen LogP contribution in [0.3, 0.4) is 0 Å². The zero-order chi connectivity index (χ0) is 14.4. The Balaban J connectivity index is 2.05. The largest absolute Gasteiger partial charge is 0.497 e. The van der Waals surface area contributed by atoms with E-state index >= 15 is 0 Å². The van der Waals surface area contributed by atoms with Gasteiger partial charge in [-0.05, 0) is 30.7 Å². The summed E-state index contributed by atoms with van der Waals surface area (Å²) in [6.45, 7) is 2.05. The van der Waals surface area contributed by atoms with Crippen LogP contribution >= 0.6 is 0 Å².